The quantitative estimate of drug-likeness (QED) is 0.650. The number of nitrogens with one attached hydrogen (secondary N) is 1. The number of hydrogen-bond acceptors (Lipinski definition) is 4. The molecule has 34 heavy (non-hydrogen) atoms. The first kappa shape index (κ1) is 24.4. The van der Waals surface area contributed by atoms with Crippen molar-refractivity contribution in [3.8, 4) is 0 Å². The number of carbonyl (C=O) groups is 3. The van der Waals surface area contributed by atoms with Crippen LogP contribution in [-0.4, -0.2) is 84.0 Å². The van der Waals surface area contributed by atoms with E-state index in [1.165, 1.54) is 0 Å². The number of anilines is 1. The zero-order chi connectivity index (χ0) is 24.1. The summed E-state index contributed by atoms with van der Waals surface area (Å²) >= 11 is 0. The van der Waals surface area contributed by atoms with E-state index in [-0.39, 0.29) is 24.4 Å². The third-order valence-electron chi connectivity index (χ3n) is 7.73. The van der Waals surface area contributed by atoms with Crippen LogP contribution in [-0.2, 0) is 9.59 Å². The fourth-order valence-electron chi connectivity index (χ4n) is 5.41. The van der Waals surface area contributed by atoms with Crippen LogP contribution >= 0.6 is 0 Å². The van der Waals surface area contributed by atoms with Crippen molar-refractivity contribution in [3.05, 3.63) is 30.3 Å². The second kappa shape index (κ2) is 10.7. The van der Waals surface area contributed by atoms with Crippen LogP contribution in [0.15, 0.2) is 30.3 Å². The molecule has 8 nitrogen and oxygen atoms in total. The number of piperidine rings is 2. The van der Waals surface area contributed by atoms with Crippen molar-refractivity contribution in [1.82, 2.24) is 20.0 Å². The van der Waals surface area contributed by atoms with Crippen LogP contribution in [0.2, 0.25) is 0 Å². The molecule has 1 spiro atoms. The van der Waals surface area contributed by atoms with E-state index < -0.39 is 5.54 Å². The predicted molar refractivity (Wildman–Crippen MR) is 132 cm³/mol. The van der Waals surface area contributed by atoms with Crippen LogP contribution in [0, 0.1) is 5.92 Å². The Bertz CT molecular complexity index is 860. The van der Waals surface area contributed by atoms with Gasteiger partial charge in [-0.15, -0.1) is 0 Å². The van der Waals surface area contributed by atoms with Crippen molar-refractivity contribution < 1.29 is 14.4 Å². The fraction of sp³-hybridized carbons (Fsp3) is 0.654. The van der Waals surface area contributed by atoms with Crippen molar-refractivity contribution in [2.45, 2.75) is 57.9 Å². The molecule has 4 amide bonds. The largest absolute Gasteiger partial charge is 0.341 e. The SMILES string of the molecule is CCCCNC(=O)N1CCC2(CC1)C(=O)N(CC(=O)N1CCC(C)CC1)CN2c1ccccc1. The molecule has 186 valence electrons. The predicted octanol–water partition coefficient (Wildman–Crippen LogP) is 2.90. The molecule has 4 rings (SSSR count). The topological polar surface area (TPSA) is 76.2 Å². The first-order valence-corrected chi connectivity index (χ1v) is 12.9. The molecule has 0 aliphatic carbocycles. The average molecular weight is 470 g/mol. The summed E-state index contributed by atoms with van der Waals surface area (Å²) in [4.78, 5) is 47.0. The summed E-state index contributed by atoms with van der Waals surface area (Å²) in [7, 11) is 0. The average Bonchev–Trinajstić information content (AvgIpc) is 3.11. The van der Waals surface area contributed by atoms with Crippen LogP contribution in [0.25, 0.3) is 0 Å². The normalized spacial score (nSPS) is 20.8. The van der Waals surface area contributed by atoms with Crippen molar-refractivity contribution >= 4 is 23.5 Å². The van der Waals surface area contributed by atoms with Crippen LogP contribution < -0.4 is 10.2 Å². The van der Waals surface area contributed by atoms with E-state index in [2.05, 4.69) is 24.1 Å². The molecule has 3 heterocycles. The highest BCUT2D eigenvalue weighted by atomic mass is 16.2. The number of amides is 4. The Hall–Kier alpha value is -2.77. The molecular formula is C26H39N5O3. The van der Waals surface area contributed by atoms with Gasteiger partial charge in [-0.2, -0.15) is 0 Å². The van der Waals surface area contributed by atoms with Crippen molar-refractivity contribution in [3.63, 3.8) is 0 Å². The molecule has 0 saturated carbocycles. The van der Waals surface area contributed by atoms with Crippen LogP contribution in [0.1, 0.15) is 52.4 Å². The smallest absolute Gasteiger partial charge is 0.317 e. The molecule has 0 bridgehead atoms. The molecule has 3 aliphatic heterocycles. The van der Waals surface area contributed by atoms with Crippen molar-refractivity contribution in [2.24, 2.45) is 5.92 Å². The third-order valence-corrected chi connectivity index (χ3v) is 7.73. The van der Waals surface area contributed by atoms with Crippen molar-refractivity contribution in [2.75, 3.05) is 50.8 Å². The lowest BCUT2D eigenvalue weighted by Gasteiger charge is -2.43. The van der Waals surface area contributed by atoms with Gasteiger partial charge in [-0.3, -0.25) is 9.59 Å². The Morgan fingerprint density at radius 2 is 1.71 bits per heavy atom. The van der Waals surface area contributed by atoms with Gasteiger partial charge in [0.15, 0.2) is 0 Å². The molecule has 0 unspecified atom stereocenters. The first-order valence-electron chi connectivity index (χ1n) is 12.9. The minimum Gasteiger partial charge on any atom is -0.341 e. The fourth-order valence-corrected chi connectivity index (χ4v) is 5.41. The van der Waals surface area contributed by atoms with Gasteiger partial charge in [0.2, 0.25) is 5.91 Å². The number of rotatable bonds is 6. The van der Waals surface area contributed by atoms with E-state index in [9.17, 15) is 14.4 Å². The molecular weight excluding hydrogens is 430 g/mol. The minimum absolute atomic E-state index is 0.0149. The van der Waals surface area contributed by atoms with E-state index in [1.54, 1.807) is 4.90 Å². The van der Waals surface area contributed by atoms with Gasteiger partial charge in [0.25, 0.3) is 5.91 Å². The Kier molecular flexibility index (Phi) is 7.63. The van der Waals surface area contributed by atoms with Crippen LogP contribution in [0.4, 0.5) is 10.5 Å². The monoisotopic (exact) mass is 469 g/mol. The van der Waals surface area contributed by atoms with E-state index in [0.29, 0.717) is 45.1 Å². The highest BCUT2D eigenvalue weighted by molar-refractivity contribution is 5.96. The minimum atomic E-state index is -0.710. The molecule has 0 atom stereocenters. The van der Waals surface area contributed by atoms with Gasteiger partial charge >= 0.3 is 6.03 Å². The van der Waals surface area contributed by atoms with E-state index >= 15 is 0 Å². The summed E-state index contributed by atoms with van der Waals surface area (Å²) in [6, 6.07) is 9.92. The van der Waals surface area contributed by atoms with Gasteiger partial charge in [-0.1, -0.05) is 38.5 Å². The number of likely N-dealkylation sites (tertiary alicyclic amines) is 2. The maximum absolute atomic E-state index is 13.8. The lowest BCUT2D eigenvalue weighted by Crippen LogP contribution is -2.58. The second-order valence-electron chi connectivity index (χ2n) is 10.1. The van der Waals surface area contributed by atoms with Gasteiger partial charge in [-0.05, 0) is 50.2 Å². The first-order chi connectivity index (χ1) is 16.4. The summed E-state index contributed by atoms with van der Waals surface area (Å²) in [5, 5.41) is 2.99. The maximum atomic E-state index is 13.8. The lowest BCUT2D eigenvalue weighted by atomic mass is 9.85. The van der Waals surface area contributed by atoms with E-state index in [1.807, 2.05) is 40.1 Å². The molecule has 3 saturated heterocycles. The second-order valence-corrected chi connectivity index (χ2v) is 10.1. The number of carbonyl (C=O) groups excluding carboxylic acids is 3. The molecule has 3 fully saturated rings. The van der Waals surface area contributed by atoms with Gasteiger partial charge in [-0.25, -0.2) is 4.79 Å². The summed E-state index contributed by atoms with van der Waals surface area (Å²) in [6.07, 6.45) is 5.17. The summed E-state index contributed by atoms with van der Waals surface area (Å²) in [5.41, 5.74) is 0.275. The van der Waals surface area contributed by atoms with Gasteiger partial charge < -0.3 is 24.9 Å². The molecule has 8 heteroatoms. The zero-order valence-electron chi connectivity index (χ0n) is 20.7. The van der Waals surface area contributed by atoms with E-state index in [0.717, 1.165) is 44.5 Å². The third kappa shape index (κ3) is 5.00. The molecule has 0 aromatic heterocycles. The van der Waals surface area contributed by atoms with Gasteiger partial charge in [0, 0.05) is 38.4 Å². The number of urea groups is 1. The molecule has 1 aromatic carbocycles. The number of unbranched alkanes of at least 4 members (excludes halogenated alkanes) is 1. The zero-order valence-corrected chi connectivity index (χ0v) is 20.7. The molecule has 1 aromatic rings. The van der Waals surface area contributed by atoms with Crippen LogP contribution in [0.5, 0.6) is 0 Å². The maximum Gasteiger partial charge on any atom is 0.317 e. The van der Waals surface area contributed by atoms with Crippen molar-refractivity contribution in [1.29, 1.82) is 0 Å². The lowest BCUT2D eigenvalue weighted by molar-refractivity contribution is -0.141. The summed E-state index contributed by atoms with van der Waals surface area (Å²) < 4.78 is 0. The standard InChI is InChI=1S/C26H39N5O3/c1-3-4-14-27-25(34)29-17-12-26(13-18-29)24(33)30(20-31(26)22-8-6-5-7-9-22)19-23(32)28-15-10-21(2)11-16-28/h5-9,21H,3-4,10-20H2,1-2H3,(H,27,34). The highest BCUT2D eigenvalue weighted by Gasteiger charge is 2.54. The highest BCUT2D eigenvalue weighted by Crippen LogP contribution is 2.39. The van der Waals surface area contributed by atoms with E-state index in [4.69, 9.17) is 0 Å². The van der Waals surface area contributed by atoms with Gasteiger partial charge in [0.1, 0.15) is 12.1 Å². The summed E-state index contributed by atoms with van der Waals surface area (Å²) in [5.74, 6) is 0.706. The Morgan fingerprint density at radius 1 is 1.03 bits per heavy atom. The number of nitrogens with zero attached hydrogens (tertiary/aromatic N) is 4. The Morgan fingerprint density at radius 3 is 2.35 bits per heavy atom. The number of hydrogen-bond donors (Lipinski definition) is 1. The number of benzene rings is 1. The van der Waals surface area contributed by atoms with Gasteiger partial charge in [0.05, 0.1) is 6.67 Å². The Labute approximate surface area is 203 Å². The molecule has 0 radical (unpaired) electrons. The molecule has 3 aliphatic rings. The number of para-hydroxylation sites is 1. The van der Waals surface area contributed by atoms with Crippen LogP contribution in [0.3, 0.4) is 0 Å². The molecule has 1 N–H and O–H groups in total. The summed E-state index contributed by atoms with van der Waals surface area (Å²) in [6.45, 7) is 8.14. The Balaban J connectivity index is 1.47.